The highest BCUT2D eigenvalue weighted by molar-refractivity contribution is 7.97. The Balaban J connectivity index is 1.36. The van der Waals surface area contributed by atoms with Crippen LogP contribution in [0.5, 0.6) is 0 Å². The lowest BCUT2D eigenvalue weighted by molar-refractivity contribution is -0.111. The molecule has 2 fully saturated rings. The van der Waals surface area contributed by atoms with Crippen LogP contribution in [0.1, 0.15) is 26.2 Å². The second-order valence-corrected chi connectivity index (χ2v) is 8.45. The van der Waals surface area contributed by atoms with Gasteiger partial charge in [0.2, 0.25) is 5.91 Å². The lowest BCUT2D eigenvalue weighted by Gasteiger charge is -2.35. The van der Waals surface area contributed by atoms with Gasteiger partial charge in [-0.05, 0) is 75.1 Å². The predicted octanol–water partition coefficient (Wildman–Crippen LogP) is 3.31. The molecule has 0 aliphatic carbocycles. The Kier molecular flexibility index (Phi) is 8.20. The quantitative estimate of drug-likeness (QED) is 0.573. The summed E-state index contributed by atoms with van der Waals surface area (Å²) in [5.41, 5.74) is 0.838. The molecule has 148 valence electrons. The van der Waals surface area contributed by atoms with E-state index in [1.54, 1.807) is 6.08 Å². The van der Waals surface area contributed by atoms with Crippen molar-refractivity contribution in [3.63, 3.8) is 0 Å². The molecule has 5 nitrogen and oxygen atoms in total. The number of benzene rings is 1. The first kappa shape index (κ1) is 20.4. The lowest BCUT2D eigenvalue weighted by Crippen LogP contribution is -2.46. The summed E-state index contributed by atoms with van der Waals surface area (Å²) in [5.74, 6) is -0.0846. The van der Waals surface area contributed by atoms with Gasteiger partial charge in [0.25, 0.3) is 0 Å². The third-order valence-electron chi connectivity index (χ3n) is 5.19. The Bertz CT molecular complexity index is 605. The predicted molar refractivity (Wildman–Crippen MR) is 114 cm³/mol. The summed E-state index contributed by atoms with van der Waals surface area (Å²) in [5, 5.41) is 2.86. The number of amides is 1. The van der Waals surface area contributed by atoms with Gasteiger partial charge in [-0.25, -0.2) is 4.31 Å². The van der Waals surface area contributed by atoms with Crippen molar-refractivity contribution in [2.24, 2.45) is 0 Å². The number of likely N-dealkylation sites (tertiary alicyclic amines) is 1. The molecule has 1 amide bonds. The highest BCUT2D eigenvalue weighted by Gasteiger charge is 2.19. The standard InChI is InChI=1S/C21H32N4OS/c1-2-6-21(26)22-19-7-9-20(10-8-19)27-25-17-15-24(16-18-25)14-13-23-11-4-3-5-12-23/h2,6-10H,3-5,11-18H2,1H3,(H,22,26)/b6-2-. The van der Waals surface area contributed by atoms with Crippen LogP contribution in [0.15, 0.2) is 41.3 Å². The van der Waals surface area contributed by atoms with Crippen molar-refractivity contribution in [1.82, 2.24) is 14.1 Å². The van der Waals surface area contributed by atoms with Gasteiger partial charge in [0.05, 0.1) is 0 Å². The molecule has 2 aliphatic heterocycles. The summed E-state index contributed by atoms with van der Waals surface area (Å²) >= 11 is 1.82. The first-order valence-electron chi connectivity index (χ1n) is 10.1. The van der Waals surface area contributed by atoms with Crippen LogP contribution in [0, 0.1) is 0 Å². The van der Waals surface area contributed by atoms with Gasteiger partial charge in [-0.1, -0.05) is 12.5 Å². The number of nitrogens with zero attached hydrogens (tertiary/aromatic N) is 3. The normalized spacial score (nSPS) is 20.2. The summed E-state index contributed by atoms with van der Waals surface area (Å²) in [4.78, 5) is 18.0. The molecule has 2 saturated heterocycles. The molecule has 1 aromatic rings. The van der Waals surface area contributed by atoms with Gasteiger partial charge in [0, 0.05) is 49.9 Å². The Morgan fingerprint density at radius 3 is 2.22 bits per heavy atom. The molecule has 0 aromatic heterocycles. The van der Waals surface area contributed by atoms with E-state index >= 15 is 0 Å². The van der Waals surface area contributed by atoms with E-state index in [1.165, 1.54) is 56.4 Å². The van der Waals surface area contributed by atoms with E-state index in [-0.39, 0.29) is 5.91 Å². The Hall–Kier alpha value is -1.34. The summed E-state index contributed by atoms with van der Waals surface area (Å²) in [6.45, 7) is 11.4. The van der Waals surface area contributed by atoms with Gasteiger partial charge in [0.1, 0.15) is 0 Å². The van der Waals surface area contributed by atoms with Crippen molar-refractivity contribution >= 4 is 23.5 Å². The van der Waals surface area contributed by atoms with Crippen LogP contribution in [0.2, 0.25) is 0 Å². The number of hydrogen-bond donors (Lipinski definition) is 1. The van der Waals surface area contributed by atoms with Crippen molar-refractivity contribution in [1.29, 1.82) is 0 Å². The molecule has 0 saturated carbocycles. The second-order valence-electron chi connectivity index (χ2n) is 7.28. The second kappa shape index (κ2) is 10.9. The Morgan fingerprint density at radius 1 is 0.963 bits per heavy atom. The number of rotatable bonds is 7. The third-order valence-corrected chi connectivity index (χ3v) is 6.29. The molecule has 0 bridgehead atoms. The molecule has 2 heterocycles. The highest BCUT2D eigenvalue weighted by Crippen LogP contribution is 2.25. The molecule has 27 heavy (non-hydrogen) atoms. The maximum atomic E-state index is 11.6. The lowest BCUT2D eigenvalue weighted by atomic mass is 10.1. The first-order chi connectivity index (χ1) is 13.2. The summed E-state index contributed by atoms with van der Waals surface area (Å²) in [6.07, 6.45) is 7.44. The molecule has 6 heteroatoms. The van der Waals surface area contributed by atoms with Crippen molar-refractivity contribution in [3.05, 3.63) is 36.4 Å². The molecule has 3 rings (SSSR count). The fraction of sp³-hybridized carbons (Fsp3) is 0.571. The summed E-state index contributed by atoms with van der Waals surface area (Å²) in [7, 11) is 0. The van der Waals surface area contributed by atoms with Gasteiger partial charge in [-0.2, -0.15) is 0 Å². The number of piperazine rings is 1. The molecule has 0 spiro atoms. The smallest absolute Gasteiger partial charge is 0.248 e. The molecule has 2 aliphatic rings. The first-order valence-corrected chi connectivity index (χ1v) is 10.9. The number of anilines is 1. The molecule has 0 atom stereocenters. The van der Waals surface area contributed by atoms with Crippen LogP contribution in [0.4, 0.5) is 5.69 Å². The van der Waals surface area contributed by atoms with E-state index in [0.717, 1.165) is 31.9 Å². The number of hydrogen-bond acceptors (Lipinski definition) is 5. The van der Waals surface area contributed by atoms with Crippen molar-refractivity contribution < 1.29 is 4.79 Å². The van der Waals surface area contributed by atoms with E-state index in [2.05, 4.69) is 31.6 Å². The van der Waals surface area contributed by atoms with Gasteiger partial charge in [0.15, 0.2) is 0 Å². The maximum absolute atomic E-state index is 11.6. The molecule has 0 unspecified atom stereocenters. The monoisotopic (exact) mass is 388 g/mol. The molecular weight excluding hydrogens is 356 g/mol. The van der Waals surface area contributed by atoms with Crippen molar-refractivity contribution in [2.45, 2.75) is 31.1 Å². The van der Waals surface area contributed by atoms with Crippen molar-refractivity contribution in [3.8, 4) is 0 Å². The summed E-state index contributed by atoms with van der Waals surface area (Å²) in [6, 6.07) is 8.11. The van der Waals surface area contributed by atoms with Crippen LogP contribution < -0.4 is 5.32 Å². The number of carbonyl (C=O) groups excluding carboxylic acids is 1. The minimum absolute atomic E-state index is 0.0846. The topological polar surface area (TPSA) is 38.8 Å². The van der Waals surface area contributed by atoms with Gasteiger partial charge in [-0.15, -0.1) is 0 Å². The zero-order valence-electron chi connectivity index (χ0n) is 16.4. The highest BCUT2D eigenvalue weighted by atomic mass is 32.2. The van der Waals surface area contributed by atoms with Crippen LogP contribution in [0.3, 0.4) is 0 Å². The molecule has 0 radical (unpaired) electrons. The SMILES string of the molecule is C/C=C\C(=O)Nc1ccc(SN2CCN(CCN3CCCCC3)CC2)cc1. The number of carbonyl (C=O) groups is 1. The largest absolute Gasteiger partial charge is 0.323 e. The van der Waals surface area contributed by atoms with E-state index in [9.17, 15) is 4.79 Å². The van der Waals surface area contributed by atoms with Crippen molar-refractivity contribution in [2.75, 3.05) is 57.7 Å². The maximum Gasteiger partial charge on any atom is 0.248 e. The van der Waals surface area contributed by atoms with Gasteiger partial charge >= 0.3 is 0 Å². The van der Waals surface area contributed by atoms with Crippen LogP contribution in [0.25, 0.3) is 0 Å². The van der Waals surface area contributed by atoms with E-state index in [4.69, 9.17) is 0 Å². The van der Waals surface area contributed by atoms with Gasteiger partial charge in [-0.3, -0.25) is 9.69 Å². The van der Waals surface area contributed by atoms with Gasteiger partial charge < -0.3 is 10.2 Å². The molecule has 1 N–H and O–H groups in total. The zero-order valence-corrected chi connectivity index (χ0v) is 17.2. The third kappa shape index (κ3) is 6.96. The van der Waals surface area contributed by atoms with E-state index < -0.39 is 0 Å². The van der Waals surface area contributed by atoms with E-state index in [0.29, 0.717) is 0 Å². The fourth-order valence-corrected chi connectivity index (χ4v) is 4.50. The zero-order chi connectivity index (χ0) is 18.9. The minimum Gasteiger partial charge on any atom is -0.323 e. The average Bonchev–Trinajstić information content (AvgIpc) is 2.70. The number of allylic oxidation sites excluding steroid dienone is 1. The number of nitrogens with one attached hydrogen (secondary N) is 1. The minimum atomic E-state index is -0.0846. The van der Waals surface area contributed by atoms with Crippen LogP contribution in [-0.2, 0) is 4.79 Å². The molecular formula is C21H32N4OS. The Labute approximate surface area is 167 Å². The number of piperidine rings is 1. The fourth-order valence-electron chi connectivity index (χ4n) is 3.59. The molecule has 1 aromatic carbocycles. The Morgan fingerprint density at radius 2 is 1.59 bits per heavy atom. The summed E-state index contributed by atoms with van der Waals surface area (Å²) < 4.78 is 2.45. The van der Waals surface area contributed by atoms with E-state index in [1.807, 2.05) is 31.0 Å². The van der Waals surface area contributed by atoms with Crippen LogP contribution in [-0.4, -0.2) is 72.4 Å². The average molecular weight is 389 g/mol. The van der Waals surface area contributed by atoms with Crippen LogP contribution >= 0.6 is 11.9 Å².